The van der Waals surface area contributed by atoms with Gasteiger partial charge in [0.15, 0.2) is 0 Å². The Balaban J connectivity index is 1.58. The van der Waals surface area contributed by atoms with Gasteiger partial charge in [0, 0.05) is 25.0 Å². The van der Waals surface area contributed by atoms with E-state index in [0.29, 0.717) is 24.9 Å². The number of aliphatic carboxylic acids is 1. The topological polar surface area (TPSA) is 49.8 Å². The van der Waals surface area contributed by atoms with Crippen molar-refractivity contribution in [3.05, 3.63) is 35.4 Å². The third kappa shape index (κ3) is 6.50. The molecule has 1 aromatic rings. The minimum absolute atomic E-state index is 0.0341. The summed E-state index contributed by atoms with van der Waals surface area (Å²) >= 11 is 0. The second-order valence-electron chi connectivity index (χ2n) is 10.3. The average molecular weight is 468 g/mol. The number of halogens is 3. The van der Waals surface area contributed by atoms with Crippen molar-refractivity contribution in [2.75, 3.05) is 19.7 Å². The van der Waals surface area contributed by atoms with E-state index in [9.17, 15) is 23.1 Å². The fourth-order valence-electron chi connectivity index (χ4n) is 6.23. The predicted molar refractivity (Wildman–Crippen MR) is 120 cm³/mol. The highest BCUT2D eigenvalue weighted by Gasteiger charge is 2.39. The second-order valence-corrected chi connectivity index (χ2v) is 10.3. The third-order valence-corrected chi connectivity index (χ3v) is 7.96. The van der Waals surface area contributed by atoms with Crippen LogP contribution in [0.3, 0.4) is 0 Å². The highest BCUT2D eigenvalue weighted by atomic mass is 19.4. The van der Waals surface area contributed by atoms with E-state index in [2.05, 4.69) is 4.90 Å². The number of benzene rings is 1. The summed E-state index contributed by atoms with van der Waals surface area (Å²) < 4.78 is 45.4. The first-order valence-electron chi connectivity index (χ1n) is 12.5. The van der Waals surface area contributed by atoms with Crippen molar-refractivity contribution in [1.82, 2.24) is 4.90 Å². The summed E-state index contributed by atoms with van der Waals surface area (Å²) in [6.07, 6.45) is 5.70. The number of carbonyl (C=O) groups is 1. The quantitative estimate of drug-likeness (QED) is 0.502. The van der Waals surface area contributed by atoms with Crippen LogP contribution < -0.4 is 0 Å². The Morgan fingerprint density at radius 1 is 0.970 bits per heavy atom. The van der Waals surface area contributed by atoms with Crippen LogP contribution in [0.4, 0.5) is 13.2 Å². The third-order valence-electron chi connectivity index (χ3n) is 7.96. The van der Waals surface area contributed by atoms with Gasteiger partial charge in [-0.2, -0.15) is 13.2 Å². The molecule has 1 aliphatic heterocycles. The highest BCUT2D eigenvalue weighted by molar-refractivity contribution is 5.67. The molecule has 3 aliphatic rings. The molecular formula is C26H36F3NO3. The van der Waals surface area contributed by atoms with E-state index in [0.717, 1.165) is 30.8 Å². The van der Waals surface area contributed by atoms with Crippen LogP contribution in [0, 0.1) is 11.8 Å². The first kappa shape index (κ1) is 24.5. The van der Waals surface area contributed by atoms with E-state index in [-0.39, 0.29) is 18.4 Å². The van der Waals surface area contributed by atoms with Gasteiger partial charge in [0.05, 0.1) is 24.7 Å². The van der Waals surface area contributed by atoms with Crippen LogP contribution in [-0.4, -0.2) is 47.8 Å². The zero-order valence-electron chi connectivity index (χ0n) is 19.2. The number of ether oxygens (including phenoxy) is 1. The maximum absolute atomic E-state index is 13.1. The molecule has 2 saturated carbocycles. The fraction of sp³-hybridized carbons (Fsp3) is 0.731. The van der Waals surface area contributed by atoms with E-state index < -0.39 is 23.8 Å². The molecule has 0 bridgehead atoms. The molecular weight excluding hydrogens is 431 g/mol. The Morgan fingerprint density at radius 2 is 1.52 bits per heavy atom. The van der Waals surface area contributed by atoms with Crippen LogP contribution >= 0.6 is 0 Å². The van der Waals surface area contributed by atoms with E-state index in [1.165, 1.54) is 51.4 Å². The molecule has 184 valence electrons. The van der Waals surface area contributed by atoms with Gasteiger partial charge in [-0.3, -0.25) is 9.69 Å². The lowest BCUT2D eigenvalue weighted by Gasteiger charge is -2.44. The number of hydrogen-bond acceptors (Lipinski definition) is 3. The van der Waals surface area contributed by atoms with Crippen LogP contribution in [0.1, 0.15) is 81.3 Å². The first-order chi connectivity index (χ1) is 15.8. The van der Waals surface area contributed by atoms with Crippen LogP contribution in [-0.2, 0) is 15.7 Å². The normalized spacial score (nSPS) is 27.5. The minimum atomic E-state index is -4.36. The fourth-order valence-corrected chi connectivity index (χ4v) is 6.23. The summed E-state index contributed by atoms with van der Waals surface area (Å²) in [5.74, 6) is 0.388. The smallest absolute Gasteiger partial charge is 0.416 e. The molecule has 0 amide bonds. The number of hydrogen-bond donors (Lipinski definition) is 1. The van der Waals surface area contributed by atoms with Gasteiger partial charge in [-0.15, -0.1) is 0 Å². The van der Waals surface area contributed by atoms with Crippen molar-refractivity contribution in [3.8, 4) is 0 Å². The summed E-state index contributed by atoms with van der Waals surface area (Å²) in [6, 6.07) is 5.56. The van der Waals surface area contributed by atoms with Gasteiger partial charge >= 0.3 is 12.1 Å². The van der Waals surface area contributed by atoms with Gasteiger partial charge < -0.3 is 9.84 Å². The van der Waals surface area contributed by atoms with Crippen molar-refractivity contribution in [1.29, 1.82) is 0 Å². The molecule has 1 aromatic carbocycles. The zero-order chi connectivity index (χ0) is 23.4. The van der Waals surface area contributed by atoms with E-state index >= 15 is 0 Å². The predicted octanol–water partition coefficient (Wildman–Crippen LogP) is 6.10. The first-order valence-corrected chi connectivity index (χ1v) is 12.5. The molecule has 2 aliphatic carbocycles. The molecule has 1 saturated heterocycles. The minimum Gasteiger partial charge on any atom is -0.481 e. The van der Waals surface area contributed by atoms with Gasteiger partial charge in [0.1, 0.15) is 0 Å². The SMILES string of the molecule is O=C(O)CC1CC(c2ccc(C(F)(F)F)cc2)C(N(CC2CCCC2)CC2CCCC2)CO1. The summed E-state index contributed by atoms with van der Waals surface area (Å²) in [4.78, 5) is 13.9. The van der Waals surface area contributed by atoms with Gasteiger partial charge in [0.25, 0.3) is 0 Å². The van der Waals surface area contributed by atoms with Crippen molar-refractivity contribution in [3.63, 3.8) is 0 Å². The molecule has 1 heterocycles. The summed E-state index contributed by atoms with van der Waals surface area (Å²) in [6.45, 7) is 2.44. The maximum atomic E-state index is 13.1. The Kier molecular flexibility index (Phi) is 8.00. The van der Waals surface area contributed by atoms with Crippen LogP contribution in [0.15, 0.2) is 24.3 Å². The molecule has 7 heteroatoms. The Bertz CT molecular complexity index is 752. The lowest BCUT2D eigenvalue weighted by Crippen LogP contribution is -2.50. The molecule has 4 nitrogen and oxygen atoms in total. The highest BCUT2D eigenvalue weighted by Crippen LogP contribution is 2.39. The lowest BCUT2D eigenvalue weighted by atomic mass is 9.82. The number of rotatable bonds is 8. The molecule has 33 heavy (non-hydrogen) atoms. The number of nitrogens with zero attached hydrogens (tertiary/aromatic N) is 1. The molecule has 0 aromatic heterocycles. The van der Waals surface area contributed by atoms with Gasteiger partial charge in [-0.05, 0) is 61.6 Å². The molecule has 4 rings (SSSR count). The number of carboxylic acids is 1. The molecule has 1 N–H and O–H groups in total. The van der Waals surface area contributed by atoms with Crippen molar-refractivity contribution < 1.29 is 27.8 Å². The van der Waals surface area contributed by atoms with Gasteiger partial charge in [-0.1, -0.05) is 37.8 Å². The molecule has 3 unspecified atom stereocenters. The Labute approximate surface area is 194 Å². The molecule has 0 spiro atoms. The van der Waals surface area contributed by atoms with Crippen molar-refractivity contribution >= 4 is 5.97 Å². The standard InChI is InChI=1S/C26H36F3NO3/c27-26(28,29)21-11-9-20(10-12-21)23-13-22(14-25(31)32)33-17-24(23)30(15-18-5-1-2-6-18)16-19-7-3-4-8-19/h9-12,18-19,22-24H,1-8,13-17H2,(H,31,32). The summed E-state index contributed by atoms with van der Waals surface area (Å²) in [7, 11) is 0. The van der Waals surface area contributed by atoms with E-state index in [4.69, 9.17) is 4.74 Å². The Hall–Kier alpha value is -1.60. The maximum Gasteiger partial charge on any atom is 0.416 e. The van der Waals surface area contributed by atoms with Crippen molar-refractivity contribution in [2.45, 2.75) is 88.4 Å². The lowest BCUT2D eigenvalue weighted by molar-refractivity contribution is -0.143. The van der Waals surface area contributed by atoms with Gasteiger partial charge in [-0.25, -0.2) is 0 Å². The molecule has 3 fully saturated rings. The summed E-state index contributed by atoms with van der Waals surface area (Å²) in [5, 5.41) is 9.29. The summed E-state index contributed by atoms with van der Waals surface area (Å²) in [5.41, 5.74) is 0.209. The Morgan fingerprint density at radius 3 is 2.00 bits per heavy atom. The van der Waals surface area contributed by atoms with E-state index in [1.54, 1.807) is 12.1 Å². The monoisotopic (exact) mass is 467 g/mol. The van der Waals surface area contributed by atoms with E-state index in [1.807, 2.05) is 0 Å². The van der Waals surface area contributed by atoms with Crippen LogP contribution in [0.5, 0.6) is 0 Å². The average Bonchev–Trinajstić information content (AvgIpc) is 3.47. The molecule has 0 radical (unpaired) electrons. The largest absolute Gasteiger partial charge is 0.481 e. The second kappa shape index (κ2) is 10.8. The van der Waals surface area contributed by atoms with Gasteiger partial charge in [0.2, 0.25) is 0 Å². The van der Waals surface area contributed by atoms with Crippen LogP contribution in [0.2, 0.25) is 0 Å². The van der Waals surface area contributed by atoms with Crippen molar-refractivity contribution in [2.24, 2.45) is 11.8 Å². The number of carboxylic acid groups (broad SMARTS) is 1. The zero-order valence-corrected chi connectivity index (χ0v) is 19.2. The molecule has 3 atom stereocenters. The number of alkyl halides is 3. The van der Waals surface area contributed by atoms with Crippen LogP contribution in [0.25, 0.3) is 0 Å².